The van der Waals surface area contributed by atoms with E-state index in [0.717, 1.165) is 12.1 Å². The summed E-state index contributed by atoms with van der Waals surface area (Å²) in [7, 11) is -3.09. The molecule has 0 aliphatic carbocycles. The number of aliphatic hydroxyl groups is 1. The zero-order valence-electron chi connectivity index (χ0n) is 9.76. The Labute approximate surface area is 102 Å². The minimum absolute atomic E-state index is 0.00367. The van der Waals surface area contributed by atoms with E-state index >= 15 is 0 Å². The summed E-state index contributed by atoms with van der Waals surface area (Å²) in [6.45, 7) is 2.08. The van der Waals surface area contributed by atoms with Crippen molar-refractivity contribution in [3.63, 3.8) is 0 Å². The fraction of sp³-hybridized carbons (Fsp3) is 0.500. The summed E-state index contributed by atoms with van der Waals surface area (Å²) in [6.07, 6.45) is 0.159. The first kappa shape index (κ1) is 12.4. The molecule has 0 aromatic heterocycles. The van der Waals surface area contributed by atoms with Gasteiger partial charge in [-0.25, -0.2) is 8.42 Å². The van der Waals surface area contributed by atoms with E-state index in [9.17, 15) is 13.5 Å². The Hall–Kier alpha value is -1.07. The molecule has 17 heavy (non-hydrogen) atoms. The minimum atomic E-state index is -3.09. The Morgan fingerprint density at radius 2 is 1.94 bits per heavy atom. The van der Waals surface area contributed by atoms with Gasteiger partial charge in [0.2, 0.25) is 0 Å². The molecule has 1 aliphatic rings. The molecule has 2 unspecified atom stereocenters. The molecule has 5 heteroatoms. The first-order valence-corrected chi connectivity index (χ1v) is 7.56. The Kier molecular flexibility index (Phi) is 3.40. The van der Waals surface area contributed by atoms with Crippen LogP contribution in [0.5, 0.6) is 0 Å². The van der Waals surface area contributed by atoms with Gasteiger partial charge in [-0.2, -0.15) is 0 Å². The van der Waals surface area contributed by atoms with E-state index in [4.69, 9.17) is 0 Å². The summed E-state index contributed by atoms with van der Waals surface area (Å²) in [5.41, 5.74) is 2.08. The molecule has 2 N–H and O–H groups in total. The number of sulfone groups is 1. The fourth-order valence-electron chi connectivity index (χ4n) is 2.02. The molecule has 0 spiro atoms. The second-order valence-corrected chi connectivity index (χ2v) is 6.60. The van der Waals surface area contributed by atoms with Crippen molar-refractivity contribution in [2.75, 3.05) is 16.8 Å². The van der Waals surface area contributed by atoms with Crippen molar-refractivity contribution < 1.29 is 13.5 Å². The molecular weight excluding hydrogens is 238 g/mol. The number of benzene rings is 1. The van der Waals surface area contributed by atoms with Crippen LogP contribution in [0.1, 0.15) is 12.5 Å². The average molecular weight is 255 g/mol. The average Bonchev–Trinajstić information content (AvgIpc) is 2.53. The molecule has 0 amide bonds. The second kappa shape index (κ2) is 4.66. The molecule has 1 aliphatic heterocycles. The van der Waals surface area contributed by atoms with Gasteiger partial charge >= 0.3 is 0 Å². The standard InChI is InChI=1S/C12H17NO3S/c1-2-9-3-5-10(6-4-9)13-11-7-17(15,16)8-12(11)14/h3-6,11-14H,2,7-8H2,1H3. The largest absolute Gasteiger partial charge is 0.390 e. The van der Waals surface area contributed by atoms with Crippen LogP contribution in [0.25, 0.3) is 0 Å². The molecule has 1 heterocycles. The lowest BCUT2D eigenvalue weighted by Crippen LogP contribution is -2.31. The van der Waals surface area contributed by atoms with Gasteiger partial charge in [0.1, 0.15) is 0 Å². The topological polar surface area (TPSA) is 66.4 Å². The fourth-order valence-corrected chi connectivity index (χ4v) is 3.76. The Balaban J connectivity index is 2.06. The van der Waals surface area contributed by atoms with E-state index in [1.54, 1.807) is 0 Å². The molecule has 0 radical (unpaired) electrons. The Morgan fingerprint density at radius 1 is 1.29 bits per heavy atom. The molecule has 1 saturated heterocycles. The Morgan fingerprint density at radius 3 is 2.41 bits per heavy atom. The number of anilines is 1. The molecule has 1 aromatic rings. The van der Waals surface area contributed by atoms with Gasteiger partial charge in [0.25, 0.3) is 0 Å². The minimum Gasteiger partial charge on any atom is -0.390 e. The van der Waals surface area contributed by atoms with E-state index < -0.39 is 22.0 Å². The molecule has 0 saturated carbocycles. The van der Waals surface area contributed by atoms with Crippen LogP contribution in [0.4, 0.5) is 5.69 Å². The lowest BCUT2D eigenvalue weighted by Gasteiger charge is -2.16. The van der Waals surface area contributed by atoms with E-state index in [-0.39, 0.29) is 11.5 Å². The third kappa shape index (κ3) is 2.98. The van der Waals surface area contributed by atoms with Gasteiger partial charge in [-0.05, 0) is 24.1 Å². The zero-order chi connectivity index (χ0) is 12.5. The highest BCUT2D eigenvalue weighted by Crippen LogP contribution is 2.18. The van der Waals surface area contributed by atoms with Crippen molar-refractivity contribution >= 4 is 15.5 Å². The van der Waals surface area contributed by atoms with Crippen molar-refractivity contribution in [2.24, 2.45) is 0 Å². The summed E-state index contributed by atoms with van der Waals surface area (Å²) >= 11 is 0. The molecule has 2 rings (SSSR count). The zero-order valence-corrected chi connectivity index (χ0v) is 10.6. The number of aliphatic hydroxyl groups excluding tert-OH is 1. The van der Waals surface area contributed by atoms with Crippen molar-refractivity contribution in [1.82, 2.24) is 0 Å². The maximum absolute atomic E-state index is 11.3. The highest BCUT2D eigenvalue weighted by molar-refractivity contribution is 7.91. The van der Waals surface area contributed by atoms with Gasteiger partial charge in [0.05, 0.1) is 23.7 Å². The van der Waals surface area contributed by atoms with Crippen molar-refractivity contribution in [3.8, 4) is 0 Å². The van der Waals surface area contributed by atoms with Crippen LogP contribution < -0.4 is 5.32 Å². The predicted octanol–water partition coefficient (Wildman–Crippen LogP) is 0.819. The number of nitrogens with one attached hydrogen (secondary N) is 1. The quantitative estimate of drug-likeness (QED) is 0.839. The molecule has 1 fully saturated rings. The van der Waals surface area contributed by atoms with Crippen LogP contribution in [0, 0.1) is 0 Å². The van der Waals surface area contributed by atoms with E-state index in [2.05, 4.69) is 12.2 Å². The summed E-state index contributed by atoms with van der Waals surface area (Å²) in [4.78, 5) is 0. The number of hydrogen-bond donors (Lipinski definition) is 2. The normalized spacial score (nSPS) is 26.9. The monoisotopic (exact) mass is 255 g/mol. The summed E-state index contributed by atoms with van der Waals surface area (Å²) in [5.74, 6) is -0.137. The molecular formula is C12H17NO3S. The smallest absolute Gasteiger partial charge is 0.155 e. The van der Waals surface area contributed by atoms with Crippen LogP contribution in [0.2, 0.25) is 0 Å². The van der Waals surface area contributed by atoms with Gasteiger partial charge in [0, 0.05) is 5.69 Å². The Bertz CT molecular complexity index is 481. The van der Waals surface area contributed by atoms with Gasteiger partial charge in [-0.3, -0.25) is 0 Å². The van der Waals surface area contributed by atoms with Gasteiger partial charge < -0.3 is 10.4 Å². The van der Waals surface area contributed by atoms with E-state index in [1.807, 2.05) is 24.3 Å². The maximum Gasteiger partial charge on any atom is 0.155 e. The number of hydrogen-bond acceptors (Lipinski definition) is 4. The first-order chi connectivity index (χ1) is 8.00. The van der Waals surface area contributed by atoms with Crippen molar-refractivity contribution in [1.29, 1.82) is 0 Å². The van der Waals surface area contributed by atoms with Crippen LogP contribution in [0.15, 0.2) is 24.3 Å². The molecule has 94 valence electrons. The molecule has 0 bridgehead atoms. The van der Waals surface area contributed by atoms with Gasteiger partial charge in [0.15, 0.2) is 9.84 Å². The number of aryl methyl sites for hydroxylation is 1. The lowest BCUT2D eigenvalue weighted by atomic mass is 10.1. The molecule has 2 atom stereocenters. The van der Waals surface area contributed by atoms with Crippen LogP contribution in [-0.4, -0.2) is 37.2 Å². The predicted molar refractivity (Wildman–Crippen MR) is 67.9 cm³/mol. The molecule has 4 nitrogen and oxygen atoms in total. The number of rotatable bonds is 3. The maximum atomic E-state index is 11.3. The van der Waals surface area contributed by atoms with E-state index in [0.29, 0.717) is 0 Å². The van der Waals surface area contributed by atoms with Crippen LogP contribution in [0.3, 0.4) is 0 Å². The van der Waals surface area contributed by atoms with E-state index in [1.165, 1.54) is 5.56 Å². The van der Waals surface area contributed by atoms with Crippen molar-refractivity contribution in [2.45, 2.75) is 25.5 Å². The lowest BCUT2D eigenvalue weighted by molar-refractivity contribution is 0.190. The van der Waals surface area contributed by atoms with Gasteiger partial charge in [-0.15, -0.1) is 0 Å². The SMILES string of the molecule is CCc1ccc(NC2CS(=O)(=O)CC2O)cc1. The van der Waals surface area contributed by atoms with Crippen LogP contribution in [-0.2, 0) is 16.3 Å². The highest BCUT2D eigenvalue weighted by atomic mass is 32.2. The van der Waals surface area contributed by atoms with Crippen LogP contribution >= 0.6 is 0 Å². The summed E-state index contributed by atoms with van der Waals surface area (Å²) in [6, 6.07) is 7.43. The van der Waals surface area contributed by atoms with Crippen molar-refractivity contribution in [3.05, 3.63) is 29.8 Å². The third-order valence-corrected chi connectivity index (χ3v) is 4.75. The highest BCUT2D eigenvalue weighted by Gasteiger charge is 2.36. The molecule has 1 aromatic carbocycles. The second-order valence-electron chi connectivity index (χ2n) is 4.45. The summed E-state index contributed by atoms with van der Waals surface area (Å²) in [5, 5.41) is 12.7. The van der Waals surface area contributed by atoms with Gasteiger partial charge in [-0.1, -0.05) is 19.1 Å². The third-order valence-electron chi connectivity index (χ3n) is 3.04. The summed E-state index contributed by atoms with van der Waals surface area (Å²) < 4.78 is 22.7. The first-order valence-electron chi connectivity index (χ1n) is 5.74.